The van der Waals surface area contributed by atoms with Gasteiger partial charge in [0, 0.05) is 29.4 Å². The van der Waals surface area contributed by atoms with Gasteiger partial charge in [-0.05, 0) is 29.5 Å². The summed E-state index contributed by atoms with van der Waals surface area (Å²) in [5, 5.41) is 17.9. The minimum absolute atomic E-state index is 0.203. The molecule has 0 bridgehead atoms. The summed E-state index contributed by atoms with van der Waals surface area (Å²) < 4.78 is 0. The number of aryl methyl sites for hydroxylation is 1. The van der Waals surface area contributed by atoms with Crippen LogP contribution in [0.1, 0.15) is 16.0 Å². The number of nitro groups is 1. The van der Waals surface area contributed by atoms with E-state index >= 15 is 0 Å². The maximum atomic E-state index is 10.5. The molecule has 0 amide bonds. The Labute approximate surface area is 107 Å². The first kappa shape index (κ1) is 12.2. The van der Waals surface area contributed by atoms with Crippen LogP contribution in [0.15, 0.2) is 22.9 Å². The average molecular weight is 268 g/mol. The van der Waals surface area contributed by atoms with Crippen LogP contribution in [0, 0.1) is 17.0 Å². The van der Waals surface area contributed by atoms with Gasteiger partial charge >= 0.3 is 5.00 Å². The van der Waals surface area contributed by atoms with Gasteiger partial charge in [0.1, 0.15) is 0 Å². The van der Waals surface area contributed by atoms with E-state index in [1.165, 1.54) is 21.8 Å². The molecule has 90 valence electrons. The normalized spacial score (nSPS) is 10.6. The van der Waals surface area contributed by atoms with Gasteiger partial charge in [0.15, 0.2) is 0 Å². The van der Waals surface area contributed by atoms with E-state index < -0.39 is 0 Å². The van der Waals surface area contributed by atoms with Gasteiger partial charge in [0.05, 0.1) is 4.92 Å². The maximum absolute atomic E-state index is 10.5. The summed E-state index contributed by atoms with van der Waals surface area (Å²) >= 11 is 2.90. The highest BCUT2D eigenvalue weighted by atomic mass is 32.1. The highest BCUT2D eigenvalue weighted by Gasteiger charge is 2.09. The average Bonchev–Trinajstić information content (AvgIpc) is 2.89. The molecule has 2 aromatic rings. The van der Waals surface area contributed by atoms with Crippen LogP contribution in [-0.2, 0) is 13.1 Å². The molecule has 0 saturated carbocycles. The van der Waals surface area contributed by atoms with Gasteiger partial charge in [0.2, 0.25) is 0 Å². The van der Waals surface area contributed by atoms with E-state index in [1.54, 1.807) is 17.4 Å². The molecular weight excluding hydrogens is 256 g/mol. The number of hydrogen-bond donors (Lipinski definition) is 1. The van der Waals surface area contributed by atoms with Gasteiger partial charge in [-0.25, -0.2) is 0 Å². The van der Waals surface area contributed by atoms with Crippen LogP contribution in [0.2, 0.25) is 0 Å². The smallest absolute Gasteiger partial charge is 0.308 e. The molecule has 6 heteroatoms. The summed E-state index contributed by atoms with van der Waals surface area (Å²) in [4.78, 5) is 11.5. The second-order valence-electron chi connectivity index (χ2n) is 3.68. The van der Waals surface area contributed by atoms with E-state index in [0.29, 0.717) is 6.54 Å². The molecule has 17 heavy (non-hydrogen) atoms. The molecule has 2 heterocycles. The summed E-state index contributed by atoms with van der Waals surface area (Å²) in [5.74, 6) is 0. The molecule has 0 atom stereocenters. The maximum Gasteiger partial charge on any atom is 0.324 e. The Morgan fingerprint density at radius 2 is 2.24 bits per heavy atom. The molecule has 0 aliphatic heterocycles. The van der Waals surface area contributed by atoms with Crippen LogP contribution in [0.3, 0.4) is 0 Å². The standard InChI is InChI=1S/C11H12N2O2S2/c1-8-2-3-16-10(8)6-12-5-9-4-11(13(14)15)17-7-9/h2-4,7,12H,5-6H2,1H3. The Morgan fingerprint density at radius 3 is 2.82 bits per heavy atom. The fourth-order valence-corrected chi connectivity index (χ4v) is 3.06. The van der Waals surface area contributed by atoms with Crippen molar-refractivity contribution in [3.05, 3.63) is 49.0 Å². The lowest BCUT2D eigenvalue weighted by molar-refractivity contribution is -0.380. The second kappa shape index (κ2) is 5.39. The van der Waals surface area contributed by atoms with Gasteiger partial charge in [0.25, 0.3) is 0 Å². The van der Waals surface area contributed by atoms with Crippen LogP contribution >= 0.6 is 22.7 Å². The number of nitrogens with one attached hydrogen (secondary N) is 1. The number of hydrogen-bond acceptors (Lipinski definition) is 5. The summed E-state index contributed by atoms with van der Waals surface area (Å²) in [6.45, 7) is 3.57. The molecule has 2 aromatic heterocycles. The lowest BCUT2D eigenvalue weighted by Crippen LogP contribution is -2.11. The molecular formula is C11H12N2O2S2. The topological polar surface area (TPSA) is 55.2 Å². The molecule has 0 aliphatic carbocycles. The fraction of sp³-hybridized carbons (Fsp3) is 0.273. The van der Waals surface area contributed by atoms with Gasteiger partial charge in [-0.1, -0.05) is 11.3 Å². The quantitative estimate of drug-likeness (QED) is 0.668. The molecule has 0 aromatic carbocycles. The Morgan fingerprint density at radius 1 is 1.41 bits per heavy atom. The number of thiophene rings is 2. The van der Waals surface area contributed by atoms with E-state index in [2.05, 4.69) is 23.7 Å². The van der Waals surface area contributed by atoms with Crippen molar-refractivity contribution in [3.8, 4) is 0 Å². The third-order valence-corrected chi connectivity index (χ3v) is 4.35. The first-order valence-corrected chi connectivity index (χ1v) is 6.88. The zero-order chi connectivity index (χ0) is 12.3. The predicted octanol–water partition coefficient (Wildman–Crippen LogP) is 3.32. The van der Waals surface area contributed by atoms with Gasteiger partial charge in [-0.15, -0.1) is 11.3 Å². The molecule has 4 nitrogen and oxygen atoms in total. The summed E-state index contributed by atoms with van der Waals surface area (Å²) in [6.07, 6.45) is 0. The van der Waals surface area contributed by atoms with Crippen LogP contribution < -0.4 is 5.32 Å². The van der Waals surface area contributed by atoms with Gasteiger partial charge in [-0.2, -0.15) is 0 Å². The first-order valence-electron chi connectivity index (χ1n) is 5.12. The molecule has 0 aliphatic rings. The summed E-state index contributed by atoms with van der Waals surface area (Å²) in [7, 11) is 0. The van der Waals surface area contributed by atoms with Crippen molar-refractivity contribution in [3.63, 3.8) is 0 Å². The molecule has 0 unspecified atom stereocenters. The Bertz CT molecular complexity index is 519. The van der Waals surface area contributed by atoms with Crippen molar-refractivity contribution in [1.29, 1.82) is 0 Å². The van der Waals surface area contributed by atoms with E-state index in [4.69, 9.17) is 0 Å². The molecule has 0 saturated heterocycles. The minimum Gasteiger partial charge on any atom is -0.308 e. The number of rotatable bonds is 5. The van der Waals surface area contributed by atoms with Crippen molar-refractivity contribution in [2.45, 2.75) is 20.0 Å². The second-order valence-corrected chi connectivity index (χ2v) is 5.57. The van der Waals surface area contributed by atoms with Crippen LogP contribution in [0.4, 0.5) is 5.00 Å². The van der Waals surface area contributed by atoms with Crippen molar-refractivity contribution in [2.24, 2.45) is 0 Å². The summed E-state index contributed by atoms with van der Waals surface area (Å²) in [6, 6.07) is 3.72. The van der Waals surface area contributed by atoms with Crippen molar-refractivity contribution in [2.75, 3.05) is 0 Å². The third kappa shape index (κ3) is 3.12. The fourth-order valence-electron chi connectivity index (χ4n) is 1.46. The highest BCUT2D eigenvalue weighted by molar-refractivity contribution is 7.13. The van der Waals surface area contributed by atoms with Crippen molar-refractivity contribution < 1.29 is 4.92 Å². The van der Waals surface area contributed by atoms with Gasteiger partial charge in [-0.3, -0.25) is 10.1 Å². The minimum atomic E-state index is -0.350. The lowest BCUT2D eigenvalue weighted by Gasteiger charge is -2.01. The summed E-state index contributed by atoms with van der Waals surface area (Å²) in [5.41, 5.74) is 2.26. The van der Waals surface area contributed by atoms with E-state index in [9.17, 15) is 10.1 Å². The largest absolute Gasteiger partial charge is 0.324 e. The van der Waals surface area contributed by atoms with Gasteiger partial charge < -0.3 is 5.32 Å². The SMILES string of the molecule is Cc1ccsc1CNCc1csc([N+](=O)[O-])c1. The lowest BCUT2D eigenvalue weighted by atomic mass is 10.3. The van der Waals surface area contributed by atoms with Crippen LogP contribution in [0.5, 0.6) is 0 Å². The predicted molar refractivity (Wildman–Crippen MR) is 70.6 cm³/mol. The monoisotopic (exact) mass is 268 g/mol. The van der Waals surface area contributed by atoms with Crippen molar-refractivity contribution >= 4 is 27.7 Å². The van der Waals surface area contributed by atoms with E-state index in [0.717, 1.165) is 12.1 Å². The highest BCUT2D eigenvalue weighted by Crippen LogP contribution is 2.22. The Hall–Kier alpha value is -1.24. The zero-order valence-corrected chi connectivity index (χ0v) is 10.9. The molecule has 0 radical (unpaired) electrons. The van der Waals surface area contributed by atoms with Crippen LogP contribution in [-0.4, -0.2) is 4.92 Å². The first-order chi connectivity index (χ1) is 8.16. The van der Waals surface area contributed by atoms with Crippen LogP contribution in [0.25, 0.3) is 0 Å². The molecule has 0 spiro atoms. The third-order valence-electron chi connectivity index (χ3n) is 2.40. The number of nitrogens with zero attached hydrogens (tertiary/aromatic N) is 1. The Kier molecular flexibility index (Phi) is 3.88. The zero-order valence-electron chi connectivity index (χ0n) is 9.30. The Balaban J connectivity index is 1.86. The molecule has 1 N–H and O–H groups in total. The van der Waals surface area contributed by atoms with Crippen molar-refractivity contribution in [1.82, 2.24) is 5.32 Å². The molecule has 0 fully saturated rings. The van der Waals surface area contributed by atoms with E-state index in [-0.39, 0.29) is 9.92 Å². The molecule has 2 rings (SSSR count). The van der Waals surface area contributed by atoms with E-state index in [1.807, 2.05) is 5.38 Å².